The molecule has 0 spiro atoms. The van der Waals surface area contributed by atoms with E-state index < -0.39 is 5.54 Å². The third kappa shape index (κ3) is 2.05. The van der Waals surface area contributed by atoms with Crippen molar-refractivity contribution in [2.24, 2.45) is 5.73 Å². The zero-order chi connectivity index (χ0) is 12.6. The van der Waals surface area contributed by atoms with Crippen LogP contribution >= 0.6 is 0 Å². The monoisotopic (exact) mass is 236 g/mol. The molecule has 1 heterocycles. The van der Waals surface area contributed by atoms with Gasteiger partial charge in [0.1, 0.15) is 5.82 Å². The number of nitrogens with zero attached hydrogens (tertiary/aromatic N) is 1. The van der Waals surface area contributed by atoms with Gasteiger partial charge in [-0.2, -0.15) is 0 Å². The molecule has 2 rings (SSSR count). The smallest absolute Gasteiger partial charge is 0.227 e. The lowest BCUT2D eigenvalue weighted by Gasteiger charge is -2.41. The SMILES string of the molecule is CC(C)(CN)N1C(=O)CCc2ccc(F)cc21. The number of nitrogens with two attached hydrogens (primary N) is 1. The molecule has 0 aromatic heterocycles. The summed E-state index contributed by atoms with van der Waals surface area (Å²) < 4.78 is 13.3. The molecule has 92 valence electrons. The van der Waals surface area contributed by atoms with Gasteiger partial charge < -0.3 is 10.6 Å². The lowest BCUT2D eigenvalue weighted by molar-refractivity contribution is -0.119. The Morgan fingerprint density at radius 3 is 2.76 bits per heavy atom. The highest BCUT2D eigenvalue weighted by Gasteiger charge is 2.35. The second-order valence-corrected chi connectivity index (χ2v) is 5.02. The van der Waals surface area contributed by atoms with Crippen molar-refractivity contribution in [2.45, 2.75) is 32.2 Å². The van der Waals surface area contributed by atoms with Gasteiger partial charge in [-0.15, -0.1) is 0 Å². The van der Waals surface area contributed by atoms with E-state index in [-0.39, 0.29) is 11.7 Å². The molecule has 0 saturated carbocycles. The largest absolute Gasteiger partial charge is 0.328 e. The minimum atomic E-state index is -0.486. The number of carbonyl (C=O) groups is 1. The molecule has 1 aliphatic heterocycles. The first-order valence-electron chi connectivity index (χ1n) is 5.77. The molecule has 4 heteroatoms. The Labute approximate surface area is 100 Å². The van der Waals surface area contributed by atoms with Gasteiger partial charge in [-0.05, 0) is 38.0 Å². The van der Waals surface area contributed by atoms with Crippen molar-refractivity contribution < 1.29 is 9.18 Å². The standard InChI is InChI=1S/C13H17FN2O/c1-13(2,8-15)16-11-7-10(14)5-3-9(11)4-6-12(16)17/h3,5,7H,4,6,8,15H2,1-2H3. The quantitative estimate of drug-likeness (QED) is 0.851. The lowest BCUT2D eigenvalue weighted by Crippen LogP contribution is -2.54. The van der Waals surface area contributed by atoms with Crippen LogP contribution in [0.25, 0.3) is 0 Å². The lowest BCUT2D eigenvalue weighted by atomic mass is 9.94. The average Bonchev–Trinajstić information content (AvgIpc) is 2.28. The van der Waals surface area contributed by atoms with Gasteiger partial charge in [0.25, 0.3) is 0 Å². The fraction of sp³-hybridized carbons (Fsp3) is 0.462. The highest BCUT2D eigenvalue weighted by atomic mass is 19.1. The molecule has 1 aliphatic rings. The van der Waals surface area contributed by atoms with E-state index in [1.165, 1.54) is 12.1 Å². The Morgan fingerprint density at radius 2 is 2.12 bits per heavy atom. The summed E-state index contributed by atoms with van der Waals surface area (Å²) in [5, 5.41) is 0. The molecule has 0 fully saturated rings. The third-order valence-electron chi connectivity index (χ3n) is 3.25. The van der Waals surface area contributed by atoms with Crippen LogP contribution in [0.2, 0.25) is 0 Å². The van der Waals surface area contributed by atoms with E-state index in [0.717, 1.165) is 5.56 Å². The van der Waals surface area contributed by atoms with E-state index in [9.17, 15) is 9.18 Å². The Balaban J connectivity index is 2.53. The first kappa shape index (κ1) is 12.0. The maximum atomic E-state index is 13.3. The molecule has 0 bridgehead atoms. The van der Waals surface area contributed by atoms with Crippen molar-refractivity contribution >= 4 is 11.6 Å². The summed E-state index contributed by atoms with van der Waals surface area (Å²) in [4.78, 5) is 13.7. The maximum absolute atomic E-state index is 13.3. The number of carbonyl (C=O) groups excluding carboxylic acids is 1. The number of benzene rings is 1. The molecule has 0 radical (unpaired) electrons. The molecule has 1 aromatic rings. The summed E-state index contributed by atoms with van der Waals surface area (Å²) >= 11 is 0. The Kier molecular flexibility index (Phi) is 2.91. The van der Waals surface area contributed by atoms with Crippen LogP contribution in [0, 0.1) is 5.82 Å². The van der Waals surface area contributed by atoms with E-state index >= 15 is 0 Å². The summed E-state index contributed by atoms with van der Waals surface area (Å²) in [7, 11) is 0. The zero-order valence-electron chi connectivity index (χ0n) is 10.2. The second-order valence-electron chi connectivity index (χ2n) is 5.02. The number of halogens is 1. The van der Waals surface area contributed by atoms with Gasteiger partial charge in [0.2, 0.25) is 5.91 Å². The number of rotatable bonds is 2. The molecule has 17 heavy (non-hydrogen) atoms. The van der Waals surface area contributed by atoms with Gasteiger partial charge in [-0.25, -0.2) is 4.39 Å². The van der Waals surface area contributed by atoms with Crippen LogP contribution in [0.15, 0.2) is 18.2 Å². The molecule has 0 aliphatic carbocycles. The number of amides is 1. The third-order valence-corrected chi connectivity index (χ3v) is 3.25. The summed E-state index contributed by atoms with van der Waals surface area (Å²) in [6.07, 6.45) is 1.13. The van der Waals surface area contributed by atoms with Gasteiger partial charge in [-0.3, -0.25) is 4.79 Å². The molecule has 1 amide bonds. The molecule has 0 atom stereocenters. The predicted octanol–water partition coefficient (Wildman–Crippen LogP) is 1.84. The summed E-state index contributed by atoms with van der Waals surface area (Å²) in [6.45, 7) is 4.13. The highest BCUT2D eigenvalue weighted by molar-refractivity contribution is 5.97. The molecule has 1 aromatic carbocycles. The van der Waals surface area contributed by atoms with Crippen molar-refractivity contribution in [1.82, 2.24) is 0 Å². The number of aryl methyl sites for hydroxylation is 1. The first-order chi connectivity index (χ1) is 7.95. The van der Waals surface area contributed by atoms with Crippen LogP contribution < -0.4 is 10.6 Å². The van der Waals surface area contributed by atoms with Gasteiger partial charge in [0.05, 0.1) is 11.2 Å². The van der Waals surface area contributed by atoms with Crippen LogP contribution in [0.5, 0.6) is 0 Å². The Bertz CT molecular complexity index is 457. The minimum absolute atomic E-state index is 0.0125. The number of fused-ring (bicyclic) bond motifs is 1. The van der Waals surface area contributed by atoms with Crippen molar-refractivity contribution in [2.75, 3.05) is 11.4 Å². The Hall–Kier alpha value is -1.42. The van der Waals surface area contributed by atoms with E-state index in [2.05, 4.69) is 0 Å². The molecule has 0 unspecified atom stereocenters. The maximum Gasteiger partial charge on any atom is 0.227 e. The fourth-order valence-corrected chi connectivity index (χ4v) is 2.20. The molecular formula is C13H17FN2O. The van der Waals surface area contributed by atoms with Crippen LogP contribution in [0.1, 0.15) is 25.8 Å². The zero-order valence-corrected chi connectivity index (χ0v) is 10.2. The van der Waals surface area contributed by atoms with Gasteiger partial charge >= 0.3 is 0 Å². The number of hydrogen-bond acceptors (Lipinski definition) is 2. The van der Waals surface area contributed by atoms with Crippen LogP contribution in [0.3, 0.4) is 0 Å². The summed E-state index contributed by atoms with van der Waals surface area (Å²) in [5.74, 6) is -0.310. The van der Waals surface area contributed by atoms with Crippen molar-refractivity contribution in [3.05, 3.63) is 29.6 Å². The van der Waals surface area contributed by atoms with Gasteiger partial charge in [0.15, 0.2) is 0 Å². The van der Waals surface area contributed by atoms with Gasteiger partial charge in [-0.1, -0.05) is 6.07 Å². The average molecular weight is 236 g/mol. The fourth-order valence-electron chi connectivity index (χ4n) is 2.20. The minimum Gasteiger partial charge on any atom is -0.328 e. The number of anilines is 1. The van der Waals surface area contributed by atoms with Crippen LogP contribution in [-0.2, 0) is 11.2 Å². The first-order valence-corrected chi connectivity index (χ1v) is 5.77. The van der Waals surface area contributed by atoms with E-state index in [4.69, 9.17) is 5.73 Å². The van der Waals surface area contributed by atoms with E-state index in [1.54, 1.807) is 11.0 Å². The van der Waals surface area contributed by atoms with E-state index in [1.807, 2.05) is 13.8 Å². The van der Waals surface area contributed by atoms with Crippen molar-refractivity contribution in [1.29, 1.82) is 0 Å². The van der Waals surface area contributed by atoms with Crippen molar-refractivity contribution in [3.63, 3.8) is 0 Å². The molecule has 2 N–H and O–H groups in total. The van der Waals surface area contributed by atoms with Crippen LogP contribution in [0.4, 0.5) is 10.1 Å². The van der Waals surface area contributed by atoms with Crippen LogP contribution in [-0.4, -0.2) is 18.0 Å². The molecule has 0 saturated heterocycles. The predicted molar refractivity (Wildman–Crippen MR) is 65.3 cm³/mol. The summed E-state index contributed by atoms with van der Waals surface area (Å²) in [6, 6.07) is 4.60. The Morgan fingerprint density at radius 1 is 1.41 bits per heavy atom. The summed E-state index contributed by atoms with van der Waals surface area (Å²) in [5.41, 5.74) is 6.89. The van der Waals surface area contributed by atoms with Gasteiger partial charge in [0, 0.05) is 13.0 Å². The normalized spacial score (nSPS) is 16.0. The molecule has 3 nitrogen and oxygen atoms in total. The molecular weight excluding hydrogens is 219 g/mol. The van der Waals surface area contributed by atoms with Crippen molar-refractivity contribution in [3.8, 4) is 0 Å². The second kappa shape index (κ2) is 4.11. The van der Waals surface area contributed by atoms with E-state index in [0.29, 0.717) is 25.1 Å². The number of hydrogen-bond donors (Lipinski definition) is 1. The highest BCUT2D eigenvalue weighted by Crippen LogP contribution is 2.33. The topological polar surface area (TPSA) is 46.3 Å².